The zero-order valence-electron chi connectivity index (χ0n) is 15.8. The minimum atomic E-state index is -0.697. The van der Waals surface area contributed by atoms with Crippen LogP contribution in [0, 0.1) is 24.0 Å². The Balaban J connectivity index is 1.79. The second kappa shape index (κ2) is 7.65. The van der Waals surface area contributed by atoms with E-state index in [1.54, 1.807) is 12.1 Å². The van der Waals surface area contributed by atoms with Gasteiger partial charge in [0.05, 0.1) is 12.0 Å². The van der Waals surface area contributed by atoms with E-state index >= 15 is 0 Å². The number of ether oxygens (including phenoxy) is 1. The topological polar surface area (TPSA) is 75.9 Å². The molecule has 0 aromatic heterocycles. The van der Waals surface area contributed by atoms with Crippen molar-refractivity contribution in [3.8, 4) is 0 Å². The summed E-state index contributed by atoms with van der Waals surface area (Å²) in [6, 6.07) is 10.9. The largest absolute Gasteiger partial charge is 0.465 e. The van der Waals surface area contributed by atoms with Crippen LogP contribution in [-0.4, -0.2) is 44.2 Å². The summed E-state index contributed by atoms with van der Waals surface area (Å²) >= 11 is 0. The number of nitro benzene ring substituents is 1. The molecular weight excluding hydrogens is 346 g/mol. The molecular formula is C20H23N3O4. The summed E-state index contributed by atoms with van der Waals surface area (Å²) in [6.07, 6.45) is 0. The normalized spacial score (nSPS) is 14.2. The van der Waals surface area contributed by atoms with Gasteiger partial charge in [-0.25, -0.2) is 4.79 Å². The van der Waals surface area contributed by atoms with Gasteiger partial charge in [0.2, 0.25) is 0 Å². The summed E-state index contributed by atoms with van der Waals surface area (Å²) in [7, 11) is 1.22. The van der Waals surface area contributed by atoms with Crippen molar-refractivity contribution < 1.29 is 14.5 Å². The second-order valence-electron chi connectivity index (χ2n) is 6.64. The highest BCUT2D eigenvalue weighted by molar-refractivity contribution is 5.95. The zero-order chi connectivity index (χ0) is 19.6. The number of nitro groups is 1. The average molecular weight is 369 g/mol. The summed E-state index contributed by atoms with van der Waals surface area (Å²) in [5, 5.41) is 11.2. The van der Waals surface area contributed by atoms with E-state index in [0.29, 0.717) is 0 Å². The Morgan fingerprint density at radius 2 is 1.74 bits per heavy atom. The lowest BCUT2D eigenvalue weighted by Gasteiger charge is -2.38. The standard InChI is InChI=1S/C20H23N3O4/c1-14-5-4-6-18(15(14)2)22-11-9-21(10-12-22)16-7-8-19(23(25)26)17(13-16)20(24)27-3/h4-8,13H,9-12H2,1-3H3. The molecule has 0 spiro atoms. The zero-order valence-corrected chi connectivity index (χ0v) is 15.8. The van der Waals surface area contributed by atoms with Crippen molar-refractivity contribution in [3.05, 3.63) is 63.2 Å². The molecule has 1 heterocycles. The van der Waals surface area contributed by atoms with Gasteiger partial charge >= 0.3 is 5.97 Å². The van der Waals surface area contributed by atoms with Crippen molar-refractivity contribution in [2.45, 2.75) is 13.8 Å². The molecule has 2 aromatic carbocycles. The maximum Gasteiger partial charge on any atom is 0.344 e. The molecule has 1 fully saturated rings. The van der Waals surface area contributed by atoms with E-state index in [2.05, 4.69) is 41.8 Å². The molecule has 3 rings (SSSR count). The Morgan fingerprint density at radius 3 is 2.37 bits per heavy atom. The van der Waals surface area contributed by atoms with Gasteiger partial charge in [0, 0.05) is 43.6 Å². The van der Waals surface area contributed by atoms with Gasteiger partial charge in [-0.15, -0.1) is 0 Å². The van der Waals surface area contributed by atoms with Gasteiger partial charge in [-0.1, -0.05) is 12.1 Å². The molecule has 27 heavy (non-hydrogen) atoms. The number of nitrogens with zero attached hydrogens (tertiary/aromatic N) is 3. The number of carbonyl (C=O) groups excluding carboxylic acids is 1. The summed E-state index contributed by atoms with van der Waals surface area (Å²) in [4.78, 5) is 27.0. The van der Waals surface area contributed by atoms with Crippen LogP contribution in [0.1, 0.15) is 21.5 Å². The van der Waals surface area contributed by atoms with Crippen LogP contribution in [0.3, 0.4) is 0 Å². The number of methoxy groups -OCH3 is 1. The lowest BCUT2D eigenvalue weighted by atomic mass is 10.1. The van der Waals surface area contributed by atoms with Gasteiger partial charge < -0.3 is 14.5 Å². The third-order valence-electron chi connectivity index (χ3n) is 5.14. The lowest BCUT2D eigenvalue weighted by molar-refractivity contribution is -0.385. The molecule has 0 atom stereocenters. The highest BCUT2D eigenvalue weighted by Gasteiger charge is 2.24. The molecule has 7 heteroatoms. The number of hydrogen-bond donors (Lipinski definition) is 0. The van der Waals surface area contributed by atoms with Crippen LogP contribution in [0.2, 0.25) is 0 Å². The molecule has 1 aliphatic rings. The maximum absolute atomic E-state index is 11.9. The third-order valence-corrected chi connectivity index (χ3v) is 5.14. The first-order chi connectivity index (χ1) is 12.9. The van der Waals surface area contributed by atoms with Gasteiger partial charge in [-0.2, -0.15) is 0 Å². The Morgan fingerprint density at radius 1 is 1.07 bits per heavy atom. The van der Waals surface area contributed by atoms with E-state index < -0.39 is 10.9 Å². The minimum absolute atomic E-state index is 0.0167. The third kappa shape index (κ3) is 3.72. The number of piperazine rings is 1. The summed E-state index contributed by atoms with van der Waals surface area (Å²) in [5.41, 5.74) is 4.34. The Labute approximate surface area is 158 Å². The van der Waals surface area contributed by atoms with E-state index in [1.165, 1.54) is 30.0 Å². The Kier molecular flexibility index (Phi) is 5.30. The number of benzene rings is 2. The van der Waals surface area contributed by atoms with Gasteiger partial charge in [0.1, 0.15) is 5.56 Å². The summed E-state index contributed by atoms with van der Waals surface area (Å²) in [6.45, 7) is 7.47. The molecule has 1 saturated heterocycles. The fourth-order valence-electron chi connectivity index (χ4n) is 3.44. The van der Waals surface area contributed by atoms with Crippen molar-refractivity contribution in [1.29, 1.82) is 0 Å². The highest BCUT2D eigenvalue weighted by Crippen LogP contribution is 2.28. The lowest BCUT2D eigenvalue weighted by Crippen LogP contribution is -2.46. The molecule has 0 radical (unpaired) electrons. The Hall–Kier alpha value is -3.09. The van der Waals surface area contributed by atoms with Crippen LogP contribution in [-0.2, 0) is 4.74 Å². The van der Waals surface area contributed by atoms with Crippen LogP contribution in [0.4, 0.5) is 17.1 Å². The van der Waals surface area contributed by atoms with Crippen molar-refractivity contribution in [2.75, 3.05) is 43.1 Å². The molecule has 0 bridgehead atoms. The highest BCUT2D eigenvalue weighted by atomic mass is 16.6. The molecule has 1 aliphatic heterocycles. The van der Waals surface area contributed by atoms with E-state index in [0.717, 1.165) is 31.9 Å². The van der Waals surface area contributed by atoms with Crippen LogP contribution < -0.4 is 9.80 Å². The van der Waals surface area contributed by atoms with Crippen molar-refractivity contribution in [1.82, 2.24) is 0 Å². The number of hydrogen-bond acceptors (Lipinski definition) is 6. The fourth-order valence-corrected chi connectivity index (χ4v) is 3.44. The molecule has 0 saturated carbocycles. The molecule has 0 N–H and O–H groups in total. The van der Waals surface area contributed by atoms with E-state index in [1.807, 2.05) is 0 Å². The first-order valence-electron chi connectivity index (χ1n) is 8.85. The van der Waals surface area contributed by atoms with Crippen LogP contribution in [0.15, 0.2) is 36.4 Å². The van der Waals surface area contributed by atoms with Gasteiger partial charge in [-0.3, -0.25) is 10.1 Å². The number of aryl methyl sites for hydroxylation is 1. The van der Waals surface area contributed by atoms with E-state index in [-0.39, 0.29) is 11.3 Å². The van der Waals surface area contributed by atoms with Gasteiger partial charge in [0.15, 0.2) is 0 Å². The predicted molar refractivity (Wildman–Crippen MR) is 105 cm³/mol. The molecule has 0 amide bonds. The van der Waals surface area contributed by atoms with Crippen LogP contribution in [0.5, 0.6) is 0 Å². The average Bonchev–Trinajstić information content (AvgIpc) is 2.69. The first kappa shape index (κ1) is 18.7. The number of anilines is 2. The Bertz CT molecular complexity index is 874. The fraction of sp³-hybridized carbons (Fsp3) is 0.350. The number of esters is 1. The molecule has 0 aliphatic carbocycles. The predicted octanol–water partition coefficient (Wildman–Crippen LogP) is 3.32. The summed E-state index contributed by atoms with van der Waals surface area (Å²) < 4.78 is 4.70. The monoisotopic (exact) mass is 369 g/mol. The van der Waals surface area contributed by atoms with Crippen molar-refractivity contribution >= 4 is 23.0 Å². The molecule has 2 aromatic rings. The minimum Gasteiger partial charge on any atom is -0.465 e. The summed E-state index contributed by atoms with van der Waals surface area (Å²) in [5.74, 6) is -0.697. The first-order valence-corrected chi connectivity index (χ1v) is 8.85. The van der Waals surface area contributed by atoms with E-state index in [9.17, 15) is 14.9 Å². The van der Waals surface area contributed by atoms with Crippen LogP contribution in [0.25, 0.3) is 0 Å². The second-order valence-corrected chi connectivity index (χ2v) is 6.64. The smallest absolute Gasteiger partial charge is 0.344 e. The van der Waals surface area contributed by atoms with Gasteiger partial charge in [0.25, 0.3) is 5.69 Å². The number of rotatable bonds is 4. The quantitative estimate of drug-likeness (QED) is 0.467. The van der Waals surface area contributed by atoms with Crippen LogP contribution >= 0.6 is 0 Å². The van der Waals surface area contributed by atoms with E-state index in [4.69, 9.17) is 4.74 Å². The van der Waals surface area contributed by atoms with Crippen molar-refractivity contribution in [2.24, 2.45) is 0 Å². The molecule has 142 valence electrons. The maximum atomic E-state index is 11.9. The number of carbonyl (C=O) groups is 1. The molecule has 7 nitrogen and oxygen atoms in total. The van der Waals surface area contributed by atoms with Gasteiger partial charge in [-0.05, 0) is 43.2 Å². The van der Waals surface area contributed by atoms with Crippen molar-refractivity contribution in [3.63, 3.8) is 0 Å². The molecule has 0 unspecified atom stereocenters. The SMILES string of the molecule is COC(=O)c1cc(N2CCN(c3cccc(C)c3C)CC2)ccc1[N+](=O)[O-].